The van der Waals surface area contributed by atoms with Crippen LogP contribution in [0.1, 0.15) is 66.8 Å². The highest BCUT2D eigenvalue weighted by Gasteiger charge is 2.57. The molecule has 8 aliphatic rings. The van der Waals surface area contributed by atoms with E-state index in [1.165, 1.54) is 177 Å². The van der Waals surface area contributed by atoms with E-state index in [0.29, 0.717) is 0 Å². The molecule has 109 heavy (non-hydrogen) atoms. The second-order valence-corrected chi connectivity index (χ2v) is 31.1. The summed E-state index contributed by atoms with van der Waals surface area (Å²) < 4.78 is 2.57. The number of anilines is 6. The lowest BCUT2D eigenvalue weighted by Crippen LogP contribution is -2.61. The Bertz CT molecular complexity index is 6960. The van der Waals surface area contributed by atoms with Gasteiger partial charge in [0.05, 0.1) is 33.0 Å². The molecule has 1 aromatic heterocycles. The number of benzene rings is 17. The van der Waals surface area contributed by atoms with Crippen molar-refractivity contribution in [3.8, 4) is 83.6 Å². The van der Waals surface area contributed by atoms with Crippen molar-refractivity contribution in [2.24, 2.45) is 0 Å². The van der Waals surface area contributed by atoms with Crippen LogP contribution in [0.4, 0.5) is 34.1 Å². The summed E-state index contributed by atoms with van der Waals surface area (Å²) in [5.41, 5.74) is 46.0. The van der Waals surface area contributed by atoms with Crippen molar-refractivity contribution in [2.45, 2.75) is 16.2 Å². The Balaban J connectivity index is 0.822. The Morgan fingerprint density at radius 3 is 1.10 bits per heavy atom. The first-order chi connectivity index (χ1) is 54.1. The van der Waals surface area contributed by atoms with Crippen LogP contribution in [0.5, 0.6) is 0 Å². The molecule has 0 fully saturated rings. The Morgan fingerprint density at radius 2 is 0.587 bits per heavy atom. The fraction of sp³-hybridized carbons (Fsp3) is 0.0286. The van der Waals surface area contributed by atoms with Crippen LogP contribution in [0, 0.1) is 0 Å². The molecule has 0 bridgehead atoms. The Kier molecular flexibility index (Phi) is 11.2. The smallest absolute Gasteiger partial charge is 0.252 e. The van der Waals surface area contributed by atoms with Gasteiger partial charge in [-0.05, 0) is 210 Å². The fourth-order valence-electron chi connectivity index (χ4n) is 22.8. The van der Waals surface area contributed by atoms with Crippen molar-refractivity contribution in [3.05, 3.63) is 443 Å². The van der Waals surface area contributed by atoms with Gasteiger partial charge in [0.15, 0.2) is 0 Å². The maximum absolute atomic E-state index is 2.78. The molecular weight excluding hydrogens is 1310 g/mol. The molecule has 3 nitrogen and oxygen atoms in total. The summed E-state index contributed by atoms with van der Waals surface area (Å²) in [5, 5.41) is 2.44. The second-order valence-electron chi connectivity index (χ2n) is 31.1. The van der Waals surface area contributed by atoms with Crippen molar-refractivity contribution in [2.75, 3.05) is 9.80 Å². The van der Waals surface area contributed by atoms with E-state index in [9.17, 15) is 0 Å². The zero-order valence-corrected chi connectivity index (χ0v) is 59.2. The van der Waals surface area contributed by atoms with Crippen LogP contribution in [0.15, 0.2) is 376 Å². The van der Waals surface area contributed by atoms with Crippen LogP contribution in [0.3, 0.4) is 0 Å². The first kappa shape index (κ1) is 58.5. The zero-order chi connectivity index (χ0) is 70.7. The van der Waals surface area contributed by atoms with Crippen LogP contribution in [-0.2, 0) is 16.2 Å². The molecule has 0 N–H and O–H groups in total. The summed E-state index contributed by atoms with van der Waals surface area (Å²) in [5.74, 6) is 0. The van der Waals surface area contributed by atoms with Crippen molar-refractivity contribution in [3.63, 3.8) is 0 Å². The number of hydrogen-bond donors (Lipinski definition) is 0. The van der Waals surface area contributed by atoms with Crippen molar-refractivity contribution in [1.82, 2.24) is 4.57 Å². The average molecular weight is 1380 g/mol. The SMILES string of the molecule is c1ccc(-c2ccc3c(c2)B2c4ccc5c(c4N(c4ccc6c(c4)-c4ccccc4C64c6ccccc6-c6ccccc64)c4cc(-n6c7ccccc7c7ccccc76)cc(c42)N3c2ccc3c(c2)C2(c4ccccc4-c4ccccc42)c2ccccc2-3)-c2ccccc2C52c3ccccc3-c3ccccc32)cc1. The minimum Gasteiger partial charge on any atom is -0.311 e. The maximum Gasteiger partial charge on any atom is 0.252 e. The largest absolute Gasteiger partial charge is 0.311 e. The maximum atomic E-state index is 2.78. The molecule has 6 aliphatic carbocycles. The van der Waals surface area contributed by atoms with E-state index in [4.69, 9.17) is 0 Å². The molecule has 26 rings (SSSR count). The Hall–Kier alpha value is -13.8. The standard InChI is InChI=1S/C105H62BN3/c1-2-26-63(27-3-1)64-50-57-97-94(58-64)106-93-56-55-91-100(79-38-12-23-47-89(79)104(91)83-41-17-6-30-70(83)71-31-7-18-42-84(71)104)102(93)109(65-52-54-90-80(59-65)75-35-11-22-46-88(75)103(90)81-39-15-4-28-68(81)69-29-5-16-40-82(69)103)99-62-67(108-95-48-24-13-36-77(95)78-37-14-25-49-96(78)108)61-98(101(99)106)107(97)66-51-53-76-74-34-10-21-45-87(74)105(92(76)60-66)85-43-19-8-32-72(85)73-33-9-20-44-86(73)105/h1-62H. The summed E-state index contributed by atoms with van der Waals surface area (Å²) >= 11 is 0. The van der Waals surface area contributed by atoms with Gasteiger partial charge in [-0.15, -0.1) is 0 Å². The van der Waals surface area contributed by atoms with Gasteiger partial charge in [-0.25, -0.2) is 0 Å². The highest BCUT2D eigenvalue weighted by molar-refractivity contribution is 7.00. The number of hydrogen-bond acceptors (Lipinski definition) is 2. The topological polar surface area (TPSA) is 11.4 Å². The average Bonchev–Trinajstić information content (AvgIpc) is 1.55. The normalized spacial score (nSPS) is 15.0. The fourth-order valence-corrected chi connectivity index (χ4v) is 22.8. The molecule has 3 heterocycles. The Labute approximate surface area is 631 Å². The van der Waals surface area contributed by atoms with Gasteiger partial charge in [-0.2, -0.15) is 0 Å². The first-order valence-corrected chi connectivity index (χ1v) is 38.4. The van der Waals surface area contributed by atoms with Crippen LogP contribution >= 0.6 is 0 Å². The number of fused-ring (bicyclic) bond motifs is 38. The summed E-state index contributed by atoms with van der Waals surface area (Å²) in [6, 6.07) is 146. The quantitative estimate of drug-likeness (QED) is 0.163. The third kappa shape index (κ3) is 6.96. The molecule has 0 amide bonds. The number of aromatic nitrogens is 1. The van der Waals surface area contributed by atoms with Crippen LogP contribution in [0.2, 0.25) is 0 Å². The predicted molar refractivity (Wildman–Crippen MR) is 449 cm³/mol. The minimum absolute atomic E-state index is 0.251. The van der Waals surface area contributed by atoms with E-state index in [1.807, 2.05) is 0 Å². The molecule has 500 valence electrons. The monoisotopic (exact) mass is 1380 g/mol. The van der Waals surface area contributed by atoms with Gasteiger partial charge >= 0.3 is 0 Å². The molecule has 17 aromatic carbocycles. The van der Waals surface area contributed by atoms with E-state index in [2.05, 4.69) is 390 Å². The van der Waals surface area contributed by atoms with Crippen molar-refractivity contribution in [1.29, 1.82) is 0 Å². The van der Waals surface area contributed by atoms with Gasteiger partial charge < -0.3 is 14.4 Å². The molecule has 3 spiro atoms. The molecule has 0 unspecified atom stereocenters. The van der Waals surface area contributed by atoms with E-state index in [1.54, 1.807) is 0 Å². The molecule has 18 aromatic rings. The Morgan fingerprint density at radius 1 is 0.211 bits per heavy atom. The first-order valence-electron chi connectivity index (χ1n) is 38.4. The molecular formula is C105H62BN3. The second kappa shape index (κ2) is 20.8. The summed E-state index contributed by atoms with van der Waals surface area (Å²) in [7, 11) is 0. The van der Waals surface area contributed by atoms with Crippen LogP contribution < -0.4 is 26.2 Å². The molecule has 0 atom stereocenters. The third-order valence-corrected chi connectivity index (χ3v) is 26.6. The van der Waals surface area contributed by atoms with Gasteiger partial charge in [0.2, 0.25) is 0 Å². The highest BCUT2D eigenvalue weighted by Crippen LogP contribution is 2.69. The summed E-state index contributed by atoms with van der Waals surface area (Å²) in [6.45, 7) is -0.251. The summed E-state index contributed by atoms with van der Waals surface area (Å²) in [6.07, 6.45) is 0. The minimum atomic E-state index is -0.616. The number of rotatable bonds is 4. The lowest BCUT2D eigenvalue weighted by Gasteiger charge is -2.45. The molecule has 4 heteroatoms. The van der Waals surface area contributed by atoms with E-state index in [-0.39, 0.29) is 6.71 Å². The van der Waals surface area contributed by atoms with Gasteiger partial charge in [0.25, 0.3) is 6.71 Å². The van der Waals surface area contributed by atoms with Crippen molar-refractivity contribution < 1.29 is 0 Å². The van der Waals surface area contributed by atoms with E-state index >= 15 is 0 Å². The molecule has 0 saturated carbocycles. The van der Waals surface area contributed by atoms with Gasteiger partial charge in [-0.3, -0.25) is 0 Å². The zero-order valence-electron chi connectivity index (χ0n) is 59.2. The lowest BCUT2D eigenvalue weighted by molar-refractivity contribution is 0.793. The summed E-state index contributed by atoms with van der Waals surface area (Å²) in [4.78, 5) is 5.46. The van der Waals surface area contributed by atoms with Gasteiger partial charge in [-0.1, -0.05) is 322 Å². The molecule has 0 radical (unpaired) electrons. The van der Waals surface area contributed by atoms with Gasteiger partial charge in [0.1, 0.15) is 0 Å². The van der Waals surface area contributed by atoms with Crippen LogP contribution in [0.25, 0.3) is 105 Å². The van der Waals surface area contributed by atoms with Crippen LogP contribution in [-0.4, -0.2) is 11.3 Å². The molecule has 0 saturated heterocycles. The molecule has 2 aliphatic heterocycles. The predicted octanol–water partition coefficient (Wildman–Crippen LogP) is 23.6. The van der Waals surface area contributed by atoms with E-state index in [0.717, 1.165) is 45.2 Å². The van der Waals surface area contributed by atoms with E-state index < -0.39 is 16.2 Å². The number of nitrogens with zero attached hydrogens (tertiary/aromatic N) is 3. The highest BCUT2D eigenvalue weighted by atomic mass is 15.2. The third-order valence-electron chi connectivity index (χ3n) is 26.6. The van der Waals surface area contributed by atoms with Crippen molar-refractivity contribution >= 4 is 79.0 Å². The van der Waals surface area contributed by atoms with Gasteiger partial charge in [0, 0.05) is 50.5 Å². The number of para-hydroxylation sites is 2. The lowest BCUT2D eigenvalue weighted by atomic mass is 9.33.